The van der Waals surface area contributed by atoms with E-state index in [1.165, 1.54) is 27.8 Å². The molecule has 2 nitrogen and oxygen atoms in total. The van der Waals surface area contributed by atoms with Crippen LogP contribution in [0.15, 0.2) is 115 Å². The van der Waals surface area contributed by atoms with Crippen LogP contribution in [0.3, 0.4) is 0 Å². The number of hydrogen-bond acceptors (Lipinski definition) is 2. The lowest BCUT2D eigenvalue weighted by atomic mass is 9.66. The van der Waals surface area contributed by atoms with Crippen molar-refractivity contribution in [2.24, 2.45) is 0 Å². The SMILES string of the molecule is C=C(B1OC(C)(C)C(C)(C)O1)C1=C(/C=C\C)C(c2ccccc2)(c2ccccc2)c2ccccc21. The van der Waals surface area contributed by atoms with E-state index >= 15 is 0 Å². The average molecular weight is 460 g/mol. The first-order valence-corrected chi connectivity index (χ1v) is 12.4. The Morgan fingerprint density at radius 2 is 1.23 bits per heavy atom. The third-order valence-electron chi connectivity index (χ3n) is 7.88. The van der Waals surface area contributed by atoms with E-state index in [1.54, 1.807) is 0 Å². The summed E-state index contributed by atoms with van der Waals surface area (Å²) >= 11 is 0. The lowest BCUT2D eigenvalue weighted by Gasteiger charge is -2.35. The fourth-order valence-electron chi connectivity index (χ4n) is 5.49. The van der Waals surface area contributed by atoms with Gasteiger partial charge in [0.25, 0.3) is 0 Å². The molecule has 0 atom stereocenters. The summed E-state index contributed by atoms with van der Waals surface area (Å²) < 4.78 is 13.0. The zero-order valence-electron chi connectivity index (χ0n) is 21.3. The molecule has 1 saturated heterocycles. The molecule has 3 aromatic rings. The van der Waals surface area contributed by atoms with Crippen molar-refractivity contribution in [1.29, 1.82) is 0 Å². The second-order valence-electron chi connectivity index (χ2n) is 10.4. The minimum atomic E-state index is -0.523. The van der Waals surface area contributed by atoms with Gasteiger partial charge in [0.15, 0.2) is 0 Å². The van der Waals surface area contributed by atoms with Crippen LogP contribution >= 0.6 is 0 Å². The molecule has 1 heterocycles. The molecule has 0 aromatic heterocycles. The van der Waals surface area contributed by atoms with E-state index in [1.807, 2.05) is 0 Å². The average Bonchev–Trinajstić information content (AvgIpc) is 3.27. The second-order valence-corrected chi connectivity index (χ2v) is 10.4. The molecule has 5 rings (SSSR count). The molecule has 3 aromatic carbocycles. The smallest absolute Gasteiger partial charge is 0.399 e. The van der Waals surface area contributed by atoms with Crippen molar-refractivity contribution < 1.29 is 9.31 Å². The van der Waals surface area contributed by atoms with Gasteiger partial charge in [-0.05, 0) is 73.5 Å². The predicted octanol–water partition coefficient (Wildman–Crippen LogP) is 7.55. The predicted molar refractivity (Wildman–Crippen MR) is 146 cm³/mol. The van der Waals surface area contributed by atoms with Crippen LogP contribution in [0.1, 0.15) is 56.9 Å². The van der Waals surface area contributed by atoms with Gasteiger partial charge >= 0.3 is 7.12 Å². The third kappa shape index (κ3) is 3.49. The van der Waals surface area contributed by atoms with Crippen molar-refractivity contribution in [3.05, 3.63) is 137 Å². The van der Waals surface area contributed by atoms with Crippen molar-refractivity contribution in [3.63, 3.8) is 0 Å². The summed E-state index contributed by atoms with van der Waals surface area (Å²) in [6.07, 6.45) is 4.37. The van der Waals surface area contributed by atoms with Gasteiger partial charge in [-0.25, -0.2) is 0 Å². The number of allylic oxidation sites excluding steroid dienone is 5. The fraction of sp³-hybridized carbons (Fsp3) is 0.250. The van der Waals surface area contributed by atoms with Crippen LogP contribution < -0.4 is 0 Å². The van der Waals surface area contributed by atoms with Crippen LogP contribution in [0.25, 0.3) is 5.57 Å². The largest absolute Gasteiger partial charge is 0.494 e. The first-order valence-electron chi connectivity index (χ1n) is 12.4. The number of fused-ring (bicyclic) bond motifs is 1. The zero-order chi connectivity index (χ0) is 24.8. The van der Waals surface area contributed by atoms with E-state index in [9.17, 15) is 0 Å². The summed E-state index contributed by atoms with van der Waals surface area (Å²) in [6, 6.07) is 30.3. The lowest BCUT2D eigenvalue weighted by Crippen LogP contribution is -2.41. The molecule has 1 aliphatic carbocycles. The molecule has 3 heteroatoms. The van der Waals surface area contributed by atoms with Crippen LogP contribution in [0, 0.1) is 0 Å². The number of rotatable bonds is 5. The summed E-state index contributed by atoms with van der Waals surface area (Å²) in [6.45, 7) is 15.0. The topological polar surface area (TPSA) is 18.5 Å². The van der Waals surface area contributed by atoms with Gasteiger partial charge in [-0.15, -0.1) is 0 Å². The van der Waals surface area contributed by atoms with Crippen molar-refractivity contribution in [2.75, 3.05) is 0 Å². The van der Waals surface area contributed by atoms with Crippen molar-refractivity contribution >= 4 is 12.7 Å². The molecule has 35 heavy (non-hydrogen) atoms. The maximum Gasteiger partial charge on any atom is 0.494 e. The second kappa shape index (κ2) is 8.51. The first-order chi connectivity index (χ1) is 16.7. The lowest BCUT2D eigenvalue weighted by molar-refractivity contribution is 0.00578. The molecule has 1 aliphatic heterocycles. The van der Waals surface area contributed by atoms with E-state index in [0.717, 1.165) is 11.0 Å². The Labute approximate surface area is 210 Å². The minimum absolute atomic E-state index is 0.435. The van der Waals surface area contributed by atoms with Gasteiger partial charge in [-0.1, -0.05) is 104 Å². The molecule has 0 saturated carbocycles. The fourth-order valence-corrected chi connectivity index (χ4v) is 5.49. The highest BCUT2D eigenvalue weighted by Crippen LogP contribution is 2.57. The third-order valence-corrected chi connectivity index (χ3v) is 7.88. The molecule has 0 bridgehead atoms. The number of hydrogen-bond donors (Lipinski definition) is 0. The van der Waals surface area contributed by atoms with E-state index in [2.05, 4.69) is 138 Å². The van der Waals surface area contributed by atoms with Gasteiger partial charge in [-0.3, -0.25) is 0 Å². The highest BCUT2D eigenvalue weighted by Gasteiger charge is 2.55. The maximum atomic E-state index is 6.48. The van der Waals surface area contributed by atoms with Gasteiger partial charge in [0.1, 0.15) is 0 Å². The normalized spacial score (nSPS) is 19.9. The Morgan fingerprint density at radius 3 is 1.74 bits per heavy atom. The van der Waals surface area contributed by atoms with Crippen LogP contribution in [-0.2, 0) is 14.7 Å². The standard InChI is InChI=1S/C32H33BO2/c1-7-16-28-29(23(2)33-34-30(3,4)31(5,6)35-33)26-21-14-15-22-27(26)32(28,24-17-10-8-11-18-24)25-19-12-9-13-20-25/h7-22H,2H2,1,3-6H3/b16-7-. The monoisotopic (exact) mass is 460 g/mol. The molecular weight excluding hydrogens is 427 g/mol. The van der Waals surface area contributed by atoms with Gasteiger partial charge in [0.05, 0.1) is 16.6 Å². The molecule has 1 fully saturated rings. The molecule has 0 amide bonds. The molecule has 2 aliphatic rings. The van der Waals surface area contributed by atoms with Crippen molar-refractivity contribution in [2.45, 2.75) is 51.2 Å². The summed E-state index contributed by atoms with van der Waals surface area (Å²) in [5.41, 5.74) is 6.68. The Balaban J connectivity index is 1.83. The Bertz CT molecular complexity index is 1260. The Kier molecular flexibility index (Phi) is 5.74. The number of benzene rings is 3. The van der Waals surface area contributed by atoms with Gasteiger partial charge in [-0.2, -0.15) is 0 Å². The molecular formula is C32H33BO2. The van der Waals surface area contributed by atoms with E-state index < -0.39 is 23.7 Å². The Morgan fingerprint density at radius 1 is 0.743 bits per heavy atom. The molecule has 0 spiro atoms. The first kappa shape index (κ1) is 23.6. The highest BCUT2D eigenvalue weighted by atomic mass is 16.7. The highest BCUT2D eigenvalue weighted by molar-refractivity contribution is 6.59. The summed E-state index contributed by atoms with van der Waals surface area (Å²) in [4.78, 5) is 0. The summed E-state index contributed by atoms with van der Waals surface area (Å²) in [7, 11) is -0.523. The van der Waals surface area contributed by atoms with Crippen LogP contribution in [0.4, 0.5) is 0 Å². The van der Waals surface area contributed by atoms with Crippen LogP contribution in [-0.4, -0.2) is 18.3 Å². The van der Waals surface area contributed by atoms with Crippen LogP contribution in [0.2, 0.25) is 0 Å². The van der Waals surface area contributed by atoms with Crippen molar-refractivity contribution in [1.82, 2.24) is 0 Å². The summed E-state index contributed by atoms with van der Waals surface area (Å²) in [5, 5.41) is 0. The minimum Gasteiger partial charge on any atom is -0.399 e. The van der Waals surface area contributed by atoms with Gasteiger partial charge in [0.2, 0.25) is 0 Å². The van der Waals surface area contributed by atoms with Gasteiger partial charge < -0.3 is 9.31 Å². The van der Waals surface area contributed by atoms with E-state index in [-0.39, 0.29) is 0 Å². The molecule has 0 N–H and O–H groups in total. The summed E-state index contributed by atoms with van der Waals surface area (Å²) in [5.74, 6) is 0. The van der Waals surface area contributed by atoms with E-state index in [4.69, 9.17) is 9.31 Å². The maximum absolute atomic E-state index is 6.48. The van der Waals surface area contributed by atoms with E-state index in [0.29, 0.717) is 0 Å². The molecule has 0 radical (unpaired) electrons. The van der Waals surface area contributed by atoms with Gasteiger partial charge in [0, 0.05) is 0 Å². The molecule has 0 unspecified atom stereocenters. The molecule has 176 valence electrons. The Hall–Kier alpha value is -3.14. The van der Waals surface area contributed by atoms with Crippen molar-refractivity contribution in [3.8, 4) is 0 Å². The zero-order valence-corrected chi connectivity index (χ0v) is 21.3. The quantitative estimate of drug-likeness (QED) is 0.366. The van der Waals surface area contributed by atoms with Crippen LogP contribution in [0.5, 0.6) is 0 Å².